The van der Waals surface area contributed by atoms with E-state index in [4.69, 9.17) is 0 Å². The fourth-order valence-corrected chi connectivity index (χ4v) is 2.87. The zero-order chi connectivity index (χ0) is 38.7. The first-order valence-electron chi connectivity index (χ1n) is 11.0. The Morgan fingerprint density at radius 2 is 0.646 bits per heavy atom. The number of amides is 2. The van der Waals surface area contributed by atoms with Gasteiger partial charge in [-0.2, -0.15) is 87.8 Å². The first kappa shape index (κ1) is 42.5. The average Bonchev–Trinajstić information content (AvgIpc) is 2.92. The van der Waals surface area contributed by atoms with Gasteiger partial charge < -0.3 is 10.6 Å². The van der Waals surface area contributed by atoms with Gasteiger partial charge in [-0.1, -0.05) is 12.1 Å². The van der Waals surface area contributed by atoms with Crippen molar-refractivity contribution in [3.8, 4) is 0 Å². The molecule has 2 amide bonds. The summed E-state index contributed by atoms with van der Waals surface area (Å²) in [5.74, 6) is -87.1. The summed E-state index contributed by atoms with van der Waals surface area (Å²) in [6.45, 7) is 0. The normalized spacial score (nSPS) is 15.2. The summed E-state index contributed by atoms with van der Waals surface area (Å²) in [4.78, 5) is 23.3. The highest BCUT2D eigenvalue weighted by Gasteiger charge is 2.90. The van der Waals surface area contributed by atoms with E-state index < -0.39 is 95.3 Å². The van der Waals surface area contributed by atoms with Crippen molar-refractivity contribution < 1.29 is 115 Å². The molecule has 1 aromatic rings. The van der Waals surface area contributed by atoms with Crippen LogP contribution in [0.1, 0.15) is 0 Å². The Morgan fingerprint density at radius 1 is 0.417 bits per heavy atom. The molecule has 28 heteroatoms. The van der Waals surface area contributed by atoms with Crippen LogP contribution in [0.5, 0.6) is 0 Å². The highest BCUT2D eigenvalue weighted by Crippen LogP contribution is 2.60. The number of rotatable bonds is 14. The standard InChI is InChI=1S/C20H8F24N2O2/c21-7(22)11(25,26)15(33,34)19(41,42)17(37,38)13(29,30)9(47)45-5-3-1-2-4-6(5)46-10(48)14(31,32)18(39,40)20(43,44)16(35,36)12(27,28)8(23)24/h1-4,7-8H,(H,45,47)(H,46,48). The van der Waals surface area contributed by atoms with Crippen LogP contribution in [0.15, 0.2) is 24.3 Å². The highest BCUT2D eigenvalue weighted by atomic mass is 19.4. The number of carbonyl (C=O) groups is 2. The molecule has 0 aliphatic carbocycles. The van der Waals surface area contributed by atoms with E-state index in [1.54, 1.807) is 0 Å². The van der Waals surface area contributed by atoms with E-state index in [9.17, 15) is 115 Å². The van der Waals surface area contributed by atoms with Crippen molar-refractivity contribution in [3.05, 3.63) is 24.3 Å². The van der Waals surface area contributed by atoms with Gasteiger partial charge in [0.2, 0.25) is 0 Å². The number of alkyl halides is 24. The lowest BCUT2D eigenvalue weighted by Gasteiger charge is -2.38. The minimum Gasteiger partial charge on any atom is -0.319 e. The third kappa shape index (κ3) is 5.88. The lowest BCUT2D eigenvalue weighted by Crippen LogP contribution is -2.70. The number of halogens is 24. The lowest BCUT2D eigenvalue weighted by atomic mass is 9.93. The molecule has 4 nitrogen and oxygen atoms in total. The Kier molecular flexibility index (Phi) is 10.7. The van der Waals surface area contributed by atoms with Crippen molar-refractivity contribution in [2.24, 2.45) is 0 Å². The molecule has 0 bridgehead atoms. The first-order valence-corrected chi connectivity index (χ1v) is 11.0. The third-order valence-electron chi connectivity index (χ3n) is 5.75. The van der Waals surface area contributed by atoms with Crippen LogP contribution >= 0.6 is 0 Å². The number of nitrogens with one attached hydrogen (secondary N) is 2. The zero-order valence-electron chi connectivity index (χ0n) is 21.4. The smallest absolute Gasteiger partial charge is 0.319 e. The van der Waals surface area contributed by atoms with Gasteiger partial charge in [-0.05, 0) is 12.1 Å². The molecule has 1 aromatic carbocycles. The van der Waals surface area contributed by atoms with Crippen LogP contribution in [0.4, 0.5) is 117 Å². The predicted molar refractivity (Wildman–Crippen MR) is 105 cm³/mol. The Morgan fingerprint density at radius 3 is 0.854 bits per heavy atom. The average molecular weight is 764 g/mol. The van der Waals surface area contributed by atoms with Gasteiger partial charge >= 0.3 is 83.9 Å². The van der Waals surface area contributed by atoms with Gasteiger partial charge in [-0.3, -0.25) is 9.59 Å². The van der Waals surface area contributed by atoms with Gasteiger partial charge in [-0.15, -0.1) is 0 Å². The maximum Gasteiger partial charge on any atom is 0.393 e. The van der Waals surface area contributed by atoms with Gasteiger partial charge in [0.25, 0.3) is 0 Å². The minimum absolute atomic E-state index is 0.123. The van der Waals surface area contributed by atoms with Crippen LogP contribution in [0.2, 0.25) is 0 Å². The van der Waals surface area contributed by atoms with Crippen LogP contribution < -0.4 is 10.6 Å². The molecular weight excluding hydrogens is 756 g/mol. The largest absolute Gasteiger partial charge is 0.393 e. The second-order valence-corrected chi connectivity index (χ2v) is 8.90. The van der Waals surface area contributed by atoms with Crippen molar-refractivity contribution in [3.63, 3.8) is 0 Å². The fourth-order valence-electron chi connectivity index (χ4n) is 2.87. The second kappa shape index (κ2) is 12.1. The van der Waals surface area contributed by atoms with Crippen LogP contribution in [-0.4, -0.2) is 83.9 Å². The van der Waals surface area contributed by atoms with Crippen molar-refractivity contribution in [1.82, 2.24) is 0 Å². The summed E-state index contributed by atoms with van der Waals surface area (Å²) in [5.41, 5.74) is -4.06. The van der Waals surface area contributed by atoms with E-state index in [1.165, 1.54) is 0 Å². The number of para-hydroxylation sites is 2. The van der Waals surface area contributed by atoms with Crippen molar-refractivity contribution in [2.75, 3.05) is 10.6 Å². The number of hydrogen-bond donors (Lipinski definition) is 2. The van der Waals surface area contributed by atoms with Crippen LogP contribution in [-0.2, 0) is 9.59 Å². The SMILES string of the molecule is O=C(Nc1ccccc1NC(=O)C(F)(F)C(F)(F)C(F)(F)C(F)(F)C(F)(F)C(F)F)C(F)(F)C(F)(F)C(F)(F)C(F)(F)C(F)(F)C(F)F. The highest BCUT2D eigenvalue weighted by molar-refractivity contribution is 6.04. The summed E-state index contributed by atoms with van der Waals surface area (Å²) in [7, 11) is 0. The summed E-state index contributed by atoms with van der Waals surface area (Å²) in [6, 6.07) is 0.395. The van der Waals surface area contributed by atoms with Crippen LogP contribution in [0.25, 0.3) is 0 Å². The number of benzene rings is 1. The molecule has 0 spiro atoms. The van der Waals surface area contributed by atoms with Crippen LogP contribution in [0.3, 0.4) is 0 Å². The lowest BCUT2D eigenvalue weighted by molar-refractivity contribution is -0.406. The van der Waals surface area contributed by atoms with E-state index >= 15 is 0 Å². The molecule has 1 rings (SSSR count). The Hall–Kier alpha value is -3.52. The van der Waals surface area contributed by atoms with Crippen molar-refractivity contribution in [2.45, 2.75) is 72.1 Å². The monoisotopic (exact) mass is 764 g/mol. The van der Waals surface area contributed by atoms with E-state index in [-0.39, 0.29) is 22.8 Å². The molecule has 0 saturated carbocycles. The van der Waals surface area contributed by atoms with Gasteiger partial charge in [0, 0.05) is 0 Å². The molecule has 0 aliphatic heterocycles. The summed E-state index contributed by atoms with van der Waals surface area (Å²) >= 11 is 0. The Labute approximate surface area is 246 Å². The van der Waals surface area contributed by atoms with Gasteiger partial charge in [-0.25, -0.2) is 17.6 Å². The third-order valence-corrected chi connectivity index (χ3v) is 5.75. The maximum atomic E-state index is 14.0. The number of anilines is 2. The molecule has 0 heterocycles. The molecule has 0 radical (unpaired) electrons. The second-order valence-electron chi connectivity index (χ2n) is 8.90. The topological polar surface area (TPSA) is 58.2 Å². The summed E-state index contributed by atoms with van der Waals surface area (Å²) < 4.78 is 320. The maximum absolute atomic E-state index is 14.0. The van der Waals surface area contributed by atoms with Gasteiger partial charge in [0.15, 0.2) is 0 Å². The molecule has 0 aromatic heterocycles. The Balaban J connectivity index is 3.55. The summed E-state index contributed by atoms with van der Waals surface area (Å²) in [5, 5.41) is 0.488. The number of hydrogen-bond acceptors (Lipinski definition) is 2. The van der Waals surface area contributed by atoms with E-state index in [0.29, 0.717) is 12.1 Å². The fraction of sp³-hybridized carbons (Fsp3) is 0.600. The van der Waals surface area contributed by atoms with E-state index in [2.05, 4.69) is 0 Å². The Bertz CT molecular complexity index is 1260. The van der Waals surface area contributed by atoms with Crippen molar-refractivity contribution in [1.29, 1.82) is 0 Å². The van der Waals surface area contributed by atoms with Gasteiger partial charge in [0.05, 0.1) is 11.4 Å². The molecular formula is C20H8F24N2O2. The molecule has 278 valence electrons. The van der Waals surface area contributed by atoms with Crippen LogP contribution in [0, 0.1) is 0 Å². The van der Waals surface area contributed by atoms with Crippen molar-refractivity contribution >= 4 is 23.2 Å². The molecule has 0 unspecified atom stereocenters. The van der Waals surface area contributed by atoms with Gasteiger partial charge in [0.1, 0.15) is 0 Å². The van der Waals surface area contributed by atoms with E-state index in [0.717, 1.165) is 0 Å². The number of carbonyl (C=O) groups excluding carboxylic acids is 2. The molecule has 0 aliphatic rings. The summed E-state index contributed by atoms with van der Waals surface area (Å²) in [6.07, 6.45) is -11.9. The molecule has 0 atom stereocenters. The zero-order valence-corrected chi connectivity index (χ0v) is 21.4. The molecule has 48 heavy (non-hydrogen) atoms. The van der Waals surface area contributed by atoms with E-state index in [1.807, 2.05) is 0 Å². The quantitative estimate of drug-likeness (QED) is 0.187. The molecule has 2 N–H and O–H groups in total. The minimum atomic E-state index is -8.28. The molecule has 0 fully saturated rings. The first-order chi connectivity index (χ1) is 20.9. The predicted octanol–water partition coefficient (Wildman–Crippen LogP) is 8.45. The molecule has 0 saturated heterocycles.